The lowest BCUT2D eigenvalue weighted by Crippen LogP contribution is -2.18. The van der Waals surface area contributed by atoms with Gasteiger partial charge in [0.05, 0.1) is 44.1 Å². The summed E-state index contributed by atoms with van der Waals surface area (Å²) in [6, 6.07) is 20.5. The van der Waals surface area contributed by atoms with E-state index in [1.807, 2.05) is 48.5 Å². The topological polar surface area (TPSA) is 124 Å². The van der Waals surface area contributed by atoms with Crippen molar-refractivity contribution in [1.29, 1.82) is 0 Å². The van der Waals surface area contributed by atoms with Crippen LogP contribution in [0.1, 0.15) is 21.6 Å². The molecule has 218 valence electrons. The molecule has 0 saturated carbocycles. The molecule has 0 aliphatic heterocycles. The zero-order valence-electron chi connectivity index (χ0n) is 23.4. The van der Waals surface area contributed by atoms with Gasteiger partial charge in [-0.2, -0.15) is 5.10 Å². The van der Waals surface area contributed by atoms with E-state index >= 15 is 0 Å². The molecule has 0 fully saturated rings. The Morgan fingerprint density at radius 1 is 0.905 bits per heavy atom. The van der Waals surface area contributed by atoms with Gasteiger partial charge >= 0.3 is 6.09 Å². The number of benzene rings is 3. The van der Waals surface area contributed by atoms with Crippen LogP contribution in [-0.2, 0) is 18.9 Å². The Bertz CT molecular complexity index is 1540. The molecule has 3 aromatic carbocycles. The normalized spacial score (nSPS) is 10.6. The highest BCUT2D eigenvalue weighted by Gasteiger charge is 2.12. The number of hydrogen-bond donors (Lipinski definition) is 3. The third-order valence-electron chi connectivity index (χ3n) is 5.84. The number of nitrogens with one attached hydrogen (secondary N) is 3. The Hall–Kier alpha value is -4.34. The summed E-state index contributed by atoms with van der Waals surface area (Å²) in [4.78, 5) is 26.1. The maximum Gasteiger partial charge on any atom is 0.411 e. The molecular formula is C31H32N4O6S. The number of anilines is 1. The van der Waals surface area contributed by atoms with E-state index in [2.05, 4.69) is 32.7 Å². The van der Waals surface area contributed by atoms with Gasteiger partial charge in [0.25, 0.3) is 5.91 Å². The van der Waals surface area contributed by atoms with Crippen LogP contribution in [0.2, 0.25) is 0 Å². The largest absolute Gasteiger partial charge is 0.447 e. The highest BCUT2D eigenvalue weighted by Crippen LogP contribution is 2.32. The number of aromatic amines is 1. The number of H-pyrrole nitrogens is 1. The number of carbonyl (C=O) groups is 2. The van der Waals surface area contributed by atoms with Gasteiger partial charge < -0.3 is 24.3 Å². The van der Waals surface area contributed by atoms with Gasteiger partial charge in [-0.1, -0.05) is 29.8 Å². The summed E-state index contributed by atoms with van der Waals surface area (Å²) < 4.78 is 20.7. The minimum atomic E-state index is -0.563. The predicted octanol–water partition coefficient (Wildman–Crippen LogP) is 4.70. The summed E-state index contributed by atoms with van der Waals surface area (Å²) in [7, 11) is 3.24. The fourth-order valence-corrected chi connectivity index (χ4v) is 4.73. The molecule has 0 saturated heterocycles. The molecule has 3 N–H and O–H groups in total. The first-order valence-electron chi connectivity index (χ1n) is 13.2. The van der Waals surface area contributed by atoms with E-state index in [0.29, 0.717) is 43.4 Å². The minimum absolute atomic E-state index is 0.125. The Morgan fingerprint density at radius 2 is 1.64 bits per heavy atom. The fourth-order valence-electron chi connectivity index (χ4n) is 3.74. The van der Waals surface area contributed by atoms with Crippen molar-refractivity contribution in [3.05, 3.63) is 83.6 Å². The monoisotopic (exact) mass is 588 g/mol. The van der Waals surface area contributed by atoms with E-state index in [0.717, 1.165) is 26.3 Å². The number of hydrogen-bond acceptors (Lipinski definition) is 8. The van der Waals surface area contributed by atoms with Crippen molar-refractivity contribution in [2.75, 3.05) is 59.1 Å². The molecular weight excluding hydrogens is 556 g/mol. The first kappa shape index (κ1) is 30.6. The van der Waals surface area contributed by atoms with E-state index in [9.17, 15) is 9.59 Å². The van der Waals surface area contributed by atoms with Crippen LogP contribution in [-0.4, -0.2) is 76.0 Å². The summed E-state index contributed by atoms with van der Waals surface area (Å²) >= 11 is 1.51. The molecule has 1 heterocycles. The summed E-state index contributed by atoms with van der Waals surface area (Å²) in [6.07, 6.45) is -0.563. The molecule has 4 rings (SSSR count). The van der Waals surface area contributed by atoms with Crippen LogP contribution in [0, 0.1) is 11.8 Å². The van der Waals surface area contributed by atoms with Crippen LogP contribution in [0.3, 0.4) is 0 Å². The Morgan fingerprint density at radius 3 is 2.40 bits per heavy atom. The number of ether oxygens (including phenoxy) is 4. The zero-order chi connectivity index (χ0) is 29.6. The molecule has 0 atom stereocenters. The van der Waals surface area contributed by atoms with Crippen LogP contribution < -0.4 is 10.6 Å². The quantitative estimate of drug-likeness (QED) is 0.152. The van der Waals surface area contributed by atoms with Crippen molar-refractivity contribution in [3.63, 3.8) is 0 Å². The first-order valence-corrected chi connectivity index (χ1v) is 14.1. The second kappa shape index (κ2) is 16.2. The van der Waals surface area contributed by atoms with Crippen LogP contribution in [0.15, 0.2) is 76.5 Å². The van der Waals surface area contributed by atoms with E-state index in [-0.39, 0.29) is 19.1 Å². The minimum Gasteiger partial charge on any atom is -0.447 e. The van der Waals surface area contributed by atoms with E-state index in [1.165, 1.54) is 11.8 Å². The number of methoxy groups -OCH3 is 1. The van der Waals surface area contributed by atoms with Gasteiger partial charge in [0.2, 0.25) is 0 Å². The number of aromatic nitrogens is 2. The average Bonchev–Trinajstić information content (AvgIpc) is 3.42. The second-order valence-corrected chi connectivity index (χ2v) is 9.88. The SMILES string of the molecule is CNC(=O)c1ccccc1Sc1ccc2c(C#Cc3ccc(NC(=O)OCCOCCOCCOC)cc3)n[nH]c2c1. The second-order valence-electron chi connectivity index (χ2n) is 8.76. The van der Waals surface area contributed by atoms with Crippen molar-refractivity contribution in [2.45, 2.75) is 9.79 Å². The zero-order valence-corrected chi connectivity index (χ0v) is 24.2. The summed E-state index contributed by atoms with van der Waals surface area (Å²) in [5, 5.41) is 13.7. The van der Waals surface area contributed by atoms with Gasteiger partial charge in [-0.05, 0) is 60.5 Å². The molecule has 2 amide bonds. The van der Waals surface area contributed by atoms with Crippen LogP contribution in [0.5, 0.6) is 0 Å². The van der Waals surface area contributed by atoms with Gasteiger partial charge in [0, 0.05) is 40.6 Å². The van der Waals surface area contributed by atoms with Gasteiger partial charge in [-0.25, -0.2) is 4.79 Å². The van der Waals surface area contributed by atoms with Gasteiger partial charge in [0.15, 0.2) is 0 Å². The Balaban J connectivity index is 1.27. The number of carbonyl (C=O) groups excluding carboxylic acids is 2. The number of nitrogens with zero attached hydrogens (tertiary/aromatic N) is 1. The van der Waals surface area contributed by atoms with Crippen molar-refractivity contribution in [1.82, 2.24) is 15.5 Å². The van der Waals surface area contributed by atoms with Crippen LogP contribution in [0.25, 0.3) is 10.9 Å². The van der Waals surface area contributed by atoms with E-state index in [1.54, 1.807) is 32.4 Å². The van der Waals surface area contributed by atoms with Crippen molar-refractivity contribution < 1.29 is 28.5 Å². The van der Waals surface area contributed by atoms with Crippen molar-refractivity contribution in [2.24, 2.45) is 0 Å². The Labute approximate surface area is 248 Å². The standard InChI is InChI=1S/C31H32N4O6S/c1-32-30(36)26-5-3-4-6-29(26)42-24-12-13-25-27(34-35-28(25)21-24)14-9-22-7-10-23(11-8-22)33-31(37)41-20-19-40-18-17-39-16-15-38-2/h3-8,10-13,21H,15-20H2,1-2H3,(H,32,36)(H,33,37)(H,34,35). The van der Waals surface area contributed by atoms with Gasteiger partial charge in [-0.3, -0.25) is 15.2 Å². The Kier molecular flexibility index (Phi) is 11.8. The molecule has 11 heteroatoms. The molecule has 10 nitrogen and oxygen atoms in total. The third-order valence-corrected chi connectivity index (χ3v) is 6.91. The predicted molar refractivity (Wildman–Crippen MR) is 161 cm³/mol. The highest BCUT2D eigenvalue weighted by atomic mass is 32.2. The fraction of sp³-hybridized carbons (Fsp3) is 0.258. The molecule has 42 heavy (non-hydrogen) atoms. The summed E-state index contributed by atoms with van der Waals surface area (Å²) in [5.41, 5.74) is 3.46. The lowest BCUT2D eigenvalue weighted by Gasteiger charge is -2.08. The number of amides is 2. The highest BCUT2D eigenvalue weighted by molar-refractivity contribution is 7.99. The van der Waals surface area contributed by atoms with Crippen molar-refractivity contribution in [3.8, 4) is 11.8 Å². The van der Waals surface area contributed by atoms with E-state index in [4.69, 9.17) is 18.9 Å². The summed E-state index contributed by atoms with van der Waals surface area (Å²) in [5.74, 6) is 6.10. The number of fused-ring (bicyclic) bond motifs is 1. The maximum atomic E-state index is 12.2. The molecule has 0 bridgehead atoms. The van der Waals surface area contributed by atoms with Gasteiger partial charge in [-0.15, -0.1) is 0 Å². The number of rotatable bonds is 13. The van der Waals surface area contributed by atoms with Crippen LogP contribution in [0.4, 0.5) is 10.5 Å². The lowest BCUT2D eigenvalue weighted by molar-refractivity contribution is 0.0141. The van der Waals surface area contributed by atoms with Gasteiger partial charge in [0.1, 0.15) is 12.3 Å². The summed E-state index contributed by atoms with van der Waals surface area (Å²) in [6.45, 7) is 2.35. The third kappa shape index (κ3) is 9.09. The molecule has 0 unspecified atom stereocenters. The lowest BCUT2D eigenvalue weighted by atomic mass is 10.2. The first-order chi connectivity index (χ1) is 20.6. The smallest absolute Gasteiger partial charge is 0.411 e. The molecule has 4 aromatic rings. The molecule has 1 aromatic heterocycles. The molecule has 0 aliphatic carbocycles. The average molecular weight is 589 g/mol. The molecule has 0 spiro atoms. The van der Waals surface area contributed by atoms with Crippen LogP contribution >= 0.6 is 11.8 Å². The van der Waals surface area contributed by atoms with Crippen molar-refractivity contribution >= 4 is 40.4 Å². The molecule has 0 aliphatic rings. The van der Waals surface area contributed by atoms with E-state index < -0.39 is 6.09 Å². The molecule has 0 radical (unpaired) electrons. The maximum absolute atomic E-state index is 12.2.